The zero-order valence-corrected chi connectivity index (χ0v) is 17.4. The van der Waals surface area contributed by atoms with Crippen molar-refractivity contribution in [2.24, 2.45) is 0 Å². The van der Waals surface area contributed by atoms with Crippen LogP contribution in [0.1, 0.15) is 36.5 Å². The zero-order valence-electron chi connectivity index (χ0n) is 16.7. The van der Waals surface area contributed by atoms with Gasteiger partial charge in [0, 0.05) is 18.1 Å². The van der Waals surface area contributed by atoms with Crippen molar-refractivity contribution < 1.29 is 24.2 Å². The van der Waals surface area contributed by atoms with Gasteiger partial charge in [-0.1, -0.05) is 11.6 Å². The van der Waals surface area contributed by atoms with Crippen molar-refractivity contribution in [3.05, 3.63) is 39.6 Å². The molecule has 0 radical (unpaired) electrons. The first kappa shape index (κ1) is 21.1. The zero-order chi connectivity index (χ0) is 20.5. The third-order valence-electron chi connectivity index (χ3n) is 5.35. The van der Waals surface area contributed by atoms with Gasteiger partial charge in [-0.05, 0) is 62.4 Å². The molecule has 1 unspecified atom stereocenters. The van der Waals surface area contributed by atoms with E-state index in [0.29, 0.717) is 42.3 Å². The summed E-state index contributed by atoms with van der Waals surface area (Å²) in [4.78, 5) is 18.4. The van der Waals surface area contributed by atoms with Crippen LogP contribution in [0, 0.1) is 13.8 Å². The Hall–Kier alpha value is -1.64. The van der Waals surface area contributed by atoms with Gasteiger partial charge in [-0.25, -0.2) is 0 Å². The van der Waals surface area contributed by atoms with E-state index in [4.69, 9.17) is 25.9 Å². The molecule has 7 nitrogen and oxygen atoms in total. The molecule has 0 aromatic heterocycles. The first-order chi connectivity index (χ1) is 13.3. The molecule has 2 heterocycles. The van der Waals surface area contributed by atoms with E-state index in [1.54, 1.807) is 14.0 Å². The Morgan fingerprint density at radius 1 is 1.29 bits per heavy atom. The maximum Gasteiger partial charge on any atom is 0.313 e. The Kier molecular flexibility index (Phi) is 6.31. The Labute approximate surface area is 170 Å². The molecule has 0 aliphatic carbocycles. The summed E-state index contributed by atoms with van der Waals surface area (Å²) in [5.41, 5.74) is 2.22. The van der Waals surface area contributed by atoms with Crippen LogP contribution in [0.5, 0.6) is 0 Å². The second-order valence-electron chi connectivity index (χ2n) is 7.15. The Balaban J connectivity index is 2.11. The van der Waals surface area contributed by atoms with Crippen molar-refractivity contribution >= 4 is 23.1 Å². The van der Waals surface area contributed by atoms with Gasteiger partial charge in [0.1, 0.15) is 11.3 Å². The van der Waals surface area contributed by atoms with Gasteiger partial charge < -0.3 is 24.7 Å². The van der Waals surface area contributed by atoms with Crippen LogP contribution in [0.15, 0.2) is 17.9 Å². The van der Waals surface area contributed by atoms with Crippen LogP contribution in [-0.4, -0.2) is 54.9 Å². The molecule has 1 saturated heterocycles. The summed E-state index contributed by atoms with van der Waals surface area (Å²) < 4.78 is 11.0. The van der Waals surface area contributed by atoms with E-state index in [9.17, 15) is 9.90 Å². The first-order valence-corrected chi connectivity index (χ1v) is 9.79. The molecule has 8 heteroatoms. The number of amides is 1. The van der Waals surface area contributed by atoms with Gasteiger partial charge in [0.15, 0.2) is 0 Å². The molecule has 154 valence electrons. The van der Waals surface area contributed by atoms with Gasteiger partial charge in [-0.2, -0.15) is 5.06 Å². The van der Waals surface area contributed by atoms with Crippen LogP contribution >= 0.6 is 11.6 Å². The van der Waals surface area contributed by atoms with E-state index < -0.39 is 12.0 Å². The molecular weight excluding hydrogens is 384 g/mol. The quantitative estimate of drug-likeness (QED) is 0.701. The van der Waals surface area contributed by atoms with Gasteiger partial charge in [0.25, 0.3) is 5.91 Å². The Morgan fingerprint density at radius 2 is 1.89 bits per heavy atom. The molecule has 3 rings (SSSR count). The second-order valence-corrected chi connectivity index (χ2v) is 7.58. The van der Waals surface area contributed by atoms with Gasteiger partial charge in [-0.15, -0.1) is 0 Å². The molecule has 1 spiro atoms. The van der Waals surface area contributed by atoms with E-state index in [2.05, 4.69) is 5.32 Å². The standard InChI is InChI=1S/C20H27ClN2O5/c1-5-27-19(25)28-17-16(15-12(2)10-14(21)11-13(15)3)18(24)22-20(17)6-8-23(26-4)9-7-20/h10-11,19,25H,5-9H2,1-4H3,(H,22,24). The Bertz CT molecular complexity index is 764. The highest BCUT2D eigenvalue weighted by molar-refractivity contribution is 6.31. The number of aliphatic hydroxyl groups excluding tert-OH is 1. The minimum Gasteiger partial charge on any atom is -0.442 e. The number of carbonyl (C=O) groups excluding carboxylic acids is 1. The summed E-state index contributed by atoms with van der Waals surface area (Å²) >= 11 is 6.17. The van der Waals surface area contributed by atoms with Crippen molar-refractivity contribution in [1.29, 1.82) is 0 Å². The number of ether oxygens (including phenoxy) is 2. The minimum atomic E-state index is -1.45. The number of nitrogens with one attached hydrogen (secondary N) is 1. The molecule has 0 saturated carbocycles. The topological polar surface area (TPSA) is 80.3 Å². The monoisotopic (exact) mass is 410 g/mol. The molecule has 2 aliphatic rings. The number of rotatable bonds is 6. The van der Waals surface area contributed by atoms with Gasteiger partial charge >= 0.3 is 6.48 Å². The molecule has 1 fully saturated rings. The summed E-state index contributed by atoms with van der Waals surface area (Å²) in [5, 5.41) is 15.7. The summed E-state index contributed by atoms with van der Waals surface area (Å²) in [5.74, 6) is 0.195. The SMILES string of the molecule is CCOC(O)OC1=C(c2c(C)cc(Cl)cc2C)C(=O)NC12CCN(OC)CC2. The van der Waals surface area contributed by atoms with Gasteiger partial charge in [0.05, 0.1) is 19.3 Å². The predicted molar refractivity (Wildman–Crippen MR) is 105 cm³/mol. The highest BCUT2D eigenvalue weighted by atomic mass is 35.5. The van der Waals surface area contributed by atoms with Crippen LogP contribution in [0.25, 0.3) is 5.57 Å². The van der Waals surface area contributed by atoms with Gasteiger partial charge in [-0.3, -0.25) is 4.79 Å². The van der Waals surface area contributed by atoms with Crippen LogP contribution in [0.4, 0.5) is 0 Å². The van der Waals surface area contributed by atoms with E-state index >= 15 is 0 Å². The molecule has 2 aliphatic heterocycles. The summed E-state index contributed by atoms with van der Waals surface area (Å²) in [7, 11) is 1.63. The average Bonchev–Trinajstić information content (AvgIpc) is 2.87. The molecule has 1 amide bonds. The fourth-order valence-electron chi connectivity index (χ4n) is 4.06. The number of hydrogen-bond donors (Lipinski definition) is 2. The number of hydrogen-bond acceptors (Lipinski definition) is 6. The summed E-state index contributed by atoms with van der Waals surface area (Å²) in [6.07, 6.45) is 1.19. The highest BCUT2D eigenvalue weighted by Gasteiger charge is 2.50. The van der Waals surface area contributed by atoms with Crippen molar-refractivity contribution in [3.63, 3.8) is 0 Å². The maximum atomic E-state index is 13.1. The first-order valence-electron chi connectivity index (χ1n) is 9.41. The predicted octanol–water partition coefficient (Wildman–Crippen LogP) is 2.52. The number of piperidine rings is 1. The number of aliphatic hydroxyl groups is 1. The maximum absolute atomic E-state index is 13.1. The van der Waals surface area contributed by atoms with Crippen LogP contribution in [0.2, 0.25) is 5.02 Å². The second kappa shape index (κ2) is 8.39. The molecular formula is C20H27ClN2O5. The van der Waals surface area contributed by atoms with Gasteiger partial charge in [0.2, 0.25) is 0 Å². The lowest BCUT2D eigenvalue weighted by Crippen LogP contribution is -2.53. The number of aryl methyl sites for hydroxylation is 2. The normalized spacial score (nSPS) is 20.6. The number of halogens is 1. The van der Waals surface area contributed by atoms with E-state index in [1.807, 2.05) is 31.0 Å². The van der Waals surface area contributed by atoms with Crippen molar-refractivity contribution in [2.75, 3.05) is 26.8 Å². The largest absolute Gasteiger partial charge is 0.442 e. The third kappa shape index (κ3) is 3.90. The fourth-order valence-corrected chi connectivity index (χ4v) is 4.39. The number of hydroxylamine groups is 2. The van der Waals surface area contributed by atoms with Crippen molar-refractivity contribution in [3.8, 4) is 0 Å². The summed E-state index contributed by atoms with van der Waals surface area (Å²) in [6.45, 7) is 5.66. The van der Waals surface area contributed by atoms with Crippen molar-refractivity contribution in [1.82, 2.24) is 10.4 Å². The number of nitrogens with zero attached hydrogens (tertiary/aromatic N) is 1. The Morgan fingerprint density at radius 3 is 2.43 bits per heavy atom. The van der Waals surface area contributed by atoms with E-state index in [1.165, 1.54) is 0 Å². The smallest absolute Gasteiger partial charge is 0.313 e. The molecule has 0 bridgehead atoms. The molecule has 28 heavy (non-hydrogen) atoms. The highest BCUT2D eigenvalue weighted by Crippen LogP contribution is 2.43. The molecule has 2 N–H and O–H groups in total. The van der Waals surface area contributed by atoms with Crippen molar-refractivity contribution in [2.45, 2.75) is 45.6 Å². The molecule has 1 aromatic carbocycles. The van der Waals surface area contributed by atoms with E-state index in [0.717, 1.165) is 16.7 Å². The summed E-state index contributed by atoms with van der Waals surface area (Å²) in [6, 6.07) is 3.64. The third-order valence-corrected chi connectivity index (χ3v) is 5.57. The van der Waals surface area contributed by atoms with Crippen LogP contribution in [0.3, 0.4) is 0 Å². The van der Waals surface area contributed by atoms with E-state index in [-0.39, 0.29) is 12.5 Å². The fraction of sp³-hybridized carbons (Fsp3) is 0.550. The number of benzene rings is 1. The number of carbonyl (C=O) groups is 1. The van der Waals surface area contributed by atoms with Crippen LogP contribution < -0.4 is 5.32 Å². The average molecular weight is 411 g/mol. The minimum absolute atomic E-state index is 0.224. The molecule has 1 aromatic rings. The van der Waals surface area contributed by atoms with Crippen LogP contribution in [-0.2, 0) is 19.1 Å². The lowest BCUT2D eigenvalue weighted by atomic mass is 9.85. The lowest BCUT2D eigenvalue weighted by Gasteiger charge is -2.39. The lowest BCUT2D eigenvalue weighted by molar-refractivity contribution is -0.248. The molecule has 1 atom stereocenters.